The number of nitrogens with one attached hydrogen (secondary N) is 1. The lowest BCUT2D eigenvalue weighted by molar-refractivity contribution is -0.139. The van der Waals surface area contributed by atoms with Gasteiger partial charge in [-0.25, -0.2) is 9.48 Å². The van der Waals surface area contributed by atoms with Gasteiger partial charge < -0.3 is 15.2 Å². The third-order valence-corrected chi connectivity index (χ3v) is 3.87. The molecule has 24 heavy (non-hydrogen) atoms. The molecular weight excluding hydrogens is 380 g/mol. The number of hydrogen-bond donors (Lipinski definition) is 2. The van der Waals surface area contributed by atoms with Gasteiger partial charge in [-0.1, -0.05) is 27.2 Å². The zero-order valence-electron chi connectivity index (χ0n) is 13.2. The standard InChI is InChI=1S/C15H17BrN4O4/c1-9-13(14(21)17-12(15(22)23)6-7-24-2)18-19-20(9)11-5-3-4-10(16)8-11/h3-5,8,12H,6-7H2,1-2H3,(H,17,21)(H,22,23). The Labute approximate surface area is 146 Å². The van der Waals surface area contributed by atoms with Gasteiger partial charge in [0.15, 0.2) is 5.69 Å². The maximum absolute atomic E-state index is 12.3. The van der Waals surface area contributed by atoms with E-state index >= 15 is 0 Å². The van der Waals surface area contributed by atoms with Crippen molar-refractivity contribution in [1.29, 1.82) is 0 Å². The fourth-order valence-electron chi connectivity index (χ4n) is 2.11. The molecule has 1 amide bonds. The van der Waals surface area contributed by atoms with E-state index in [4.69, 9.17) is 9.84 Å². The molecule has 1 heterocycles. The molecule has 0 saturated carbocycles. The van der Waals surface area contributed by atoms with Crippen LogP contribution < -0.4 is 5.32 Å². The molecule has 2 N–H and O–H groups in total. The van der Waals surface area contributed by atoms with Gasteiger partial charge in [0.2, 0.25) is 0 Å². The Balaban J connectivity index is 2.20. The quantitative estimate of drug-likeness (QED) is 0.735. The van der Waals surface area contributed by atoms with Crippen molar-refractivity contribution in [2.24, 2.45) is 0 Å². The predicted octanol–water partition coefficient (Wildman–Crippen LogP) is 1.56. The molecular formula is C15H17BrN4O4. The number of ether oxygens (including phenoxy) is 1. The average Bonchev–Trinajstić information content (AvgIpc) is 2.92. The number of benzene rings is 1. The second-order valence-corrected chi connectivity index (χ2v) is 5.98. The van der Waals surface area contributed by atoms with Gasteiger partial charge in [-0.3, -0.25) is 4.79 Å². The number of aromatic nitrogens is 3. The maximum atomic E-state index is 12.3. The van der Waals surface area contributed by atoms with Crippen molar-refractivity contribution in [3.8, 4) is 5.69 Å². The Hall–Kier alpha value is -2.26. The first-order valence-electron chi connectivity index (χ1n) is 7.15. The summed E-state index contributed by atoms with van der Waals surface area (Å²) in [5, 5.41) is 19.5. The summed E-state index contributed by atoms with van der Waals surface area (Å²) in [5.41, 5.74) is 1.34. The van der Waals surface area contributed by atoms with Gasteiger partial charge in [0.05, 0.1) is 11.4 Å². The lowest BCUT2D eigenvalue weighted by Gasteiger charge is -2.13. The van der Waals surface area contributed by atoms with Gasteiger partial charge in [-0.15, -0.1) is 5.10 Å². The summed E-state index contributed by atoms with van der Waals surface area (Å²) in [7, 11) is 1.47. The number of rotatable bonds is 7. The number of carboxylic acid groups (broad SMARTS) is 1. The summed E-state index contributed by atoms with van der Waals surface area (Å²) < 4.78 is 7.24. The first kappa shape index (κ1) is 18.1. The van der Waals surface area contributed by atoms with Crippen molar-refractivity contribution in [2.45, 2.75) is 19.4 Å². The molecule has 0 aliphatic heterocycles. The van der Waals surface area contributed by atoms with Gasteiger partial charge in [0.1, 0.15) is 6.04 Å². The minimum Gasteiger partial charge on any atom is -0.480 e. The second-order valence-electron chi connectivity index (χ2n) is 5.06. The minimum absolute atomic E-state index is 0.0821. The van der Waals surface area contributed by atoms with Crippen LogP contribution in [0.2, 0.25) is 0 Å². The van der Waals surface area contributed by atoms with Crippen LogP contribution in [-0.4, -0.2) is 51.7 Å². The Morgan fingerprint density at radius 1 is 1.46 bits per heavy atom. The van der Waals surface area contributed by atoms with Gasteiger partial charge in [0.25, 0.3) is 5.91 Å². The zero-order chi connectivity index (χ0) is 17.7. The van der Waals surface area contributed by atoms with Crippen LogP contribution in [0.5, 0.6) is 0 Å². The molecule has 0 bridgehead atoms. The van der Waals surface area contributed by atoms with Crippen LogP contribution in [0.3, 0.4) is 0 Å². The summed E-state index contributed by atoms with van der Waals surface area (Å²) >= 11 is 3.37. The highest BCUT2D eigenvalue weighted by atomic mass is 79.9. The number of nitrogens with zero attached hydrogens (tertiary/aromatic N) is 3. The second kappa shape index (κ2) is 8.02. The van der Waals surface area contributed by atoms with E-state index < -0.39 is 17.9 Å². The molecule has 2 rings (SSSR count). The molecule has 9 heteroatoms. The third kappa shape index (κ3) is 4.18. The summed E-state index contributed by atoms with van der Waals surface area (Å²) in [6.07, 6.45) is 0.163. The van der Waals surface area contributed by atoms with E-state index in [0.717, 1.165) is 10.2 Å². The number of halogens is 1. The Bertz CT molecular complexity index is 747. The zero-order valence-corrected chi connectivity index (χ0v) is 14.8. The number of carbonyl (C=O) groups excluding carboxylic acids is 1. The van der Waals surface area contributed by atoms with Crippen molar-refractivity contribution in [1.82, 2.24) is 20.3 Å². The van der Waals surface area contributed by atoms with E-state index in [9.17, 15) is 9.59 Å². The number of methoxy groups -OCH3 is 1. The Morgan fingerprint density at radius 2 is 2.21 bits per heavy atom. The number of hydrogen-bond acceptors (Lipinski definition) is 5. The molecule has 8 nitrogen and oxygen atoms in total. The predicted molar refractivity (Wildman–Crippen MR) is 89.2 cm³/mol. The Kier molecular flexibility index (Phi) is 6.04. The minimum atomic E-state index is -1.13. The van der Waals surface area contributed by atoms with Crippen molar-refractivity contribution in [3.63, 3.8) is 0 Å². The number of carboxylic acids is 1. The average molecular weight is 397 g/mol. The van der Waals surface area contributed by atoms with E-state index in [2.05, 4.69) is 31.6 Å². The number of aliphatic carboxylic acids is 1. The van der Waals surface area contributed by atoms with Gasteiger partial charge in [0, 0.05) is 24.6 Å². The molecule has 1 aromatic heterocycles. The molecule has 1 unspecified atom stereocenters. The molecule has 0 aliphatic rings. The highest BCUT2D eigenvalue weighted by Gasteiger charge is 2.24. The van der Waals surface area contributed by atoms with Crippen LogP contribution in [-0.2, 0) is 9.53 Å². The molecule has 0 radical (unpaired) electrons. The topological polar surface area (TPSA) is 106 Å². The lowest BCUT2D eigenvalue weighted by Crippen LogP contribution is -2.41. The maximum Gasteiger partial charge on any atom is 0.326 e. The molecule has 1 atom stereocenters. The van der Waals surface area contributed by atoms with Crippen LogP contribution in [0.4, 0.5) is 0 Å². The van der Waals surface area contributed by atoms with Crippen LogP contribution in [0.15, 0.2) is 28.7 Å². The van der Waals surface area contributed by atoms with Crippen molar-refractivity contribution >= 4 is 27.8 Å². The lowest BCUT2D eigenvalue weighted by atomic mass is 10.2. The fourth-order valence-corrected chi connectivity index (χ4v) is 2.50. The van der Waals surface area contributed by atoms with E-state index in [-0.39, 0.29) is 18.7 Å². The Morgan fingerprint density at radius 3 is 2.83 bits per heavy atom. The molecule has 0 spiro atoms. The fraction of sp³-hybridized carbons (Fsp3) is 0.333. The van der Waals surface area contributed by atoms with Gasteiger partial charge in [-0.05, 0) is 25.1 Å². The van der Waals surface area contributed by atoms with Crippen LogP contribution in [0.25, 0.3) is 5.69 Å². The first-order chi connectivity index (χ1) is 11.4. The van der Waals surface area contributed by atoms with Gasteiger partial charge >= 0.3 is 5.97 Å². The summed E-state index contributed by atoms with van der Waals surface area (Å²) in [6, 6.07) is 6.32. The van der Waals surface area contributed by atoms with Crippen molar-refractivity contribution in [2.75, 3.05) is 13.7 Å². The highest BCUT2D eigenvalue weighted by molar-refractivity contribution is 9.10. The van der Waals surface area contributed by atoms with Crippen LogP contribution in [0.1, 0.15) is 22.6 Å². The smallest absolute Gasteiger partial charge is 0.326 e. The van der Waals surface area contributed by atoms with Crippen molar-refractivity contribution < 1.29 is 19.4 Å². The highest BCUT2D eigenvalue weighted by Crippen LogP contribution is 2.17. The molecule has 0 aliphatic carbocycles. The van der Waals surface area contributed by atoms with E-state index in [1.807, 2.05) is 24.3 Å². The van der Waals surface area contributed by atoms with Crippen molar-refractivity contribution in [3.05, 3.63) is 40.1 Å². The first-order valence-corrected chi connectivity index (χ1v) is 7.94. The SMILES string of the molecule is COCCC(NC(=O)c1nnn(-c2cccc(Br)c2)c1C)C(=O)O. The summed E-state index contributed by atoms with van der Waals surface area (Å²) in [4.78, 5) is 23.5. The normalized spacial score (nSPS) is 12.0. The molecule has 2 aromatic rings. The molecule has 0 fully saturated rings. The van der Waals surface area contributed by atoms with E-state index in [0.29, 0.717) is 5.69 Å². The molecule has 1 aromatic carbocycles. The number of carbonyl (C=O) groups is 2. The number of amides is 1. The van der Waals surface area contributed by atoms with E-state index in [1.165, 1.54) is 11.8 Å². The summed E-state index contributed by atoms with van der Waals surface area (Å²) in [6.45, 7) is 1.92. The van der Waals surface area contributed by atoms with Crippen LogP contribution >= 0.6 is 15.9 Å². The van der Waals surface area contributed by atoms with Crippen LogP contribution in [0, 0.1) is 6.92 Å². The molecule has 128 valence electrons. The molecule has 0 saturated heterocycles. The third-order valence-electron chi connectivity index (χ3n) is 3.38. The monoisotopic (exact) mass is 396 g/mol. The summed E-state index contributed by atoms with van der Waals surface area (Å²) in [5.74, 6) is -1.71. The van der Waals surface area contributed by atoms with Gasteiger partial charge in [-0.2, -0.15) is 0 Å². The largest absolute Gasteiger partial charge is 0.480 e. The van der Waals surface area contributed by atoms with E-state index in [1.54, 1.807) is 6.92 Å².